The number of hydrogen-bond acceptors (Lipinski definition) is 5. The highest BCUT2D eigenvalue weighted by atomic mass is 19.3. The Kier molecular flexibility index (Phi) is 7.68. The molecule has 1 aliphatic heterocycles. The normalized spacial score (nSPS) is 19.2. The first-order valence-corrected chi connectivity index (χ1v) is 11.2. The quantitative estimate of drug-likeness (QED) is 0.587. The minimum Gasteiger partial charge on any atom is -0.444 e. The largest absolute Gasteiger partial charge is 0.444 e. The molecule has 8 nitrogen and oxygen atoms in total. The Labute approximate surface area is 197 Å². The molecule has 0 fully saturated rings. The predicted molar refractivity (Wildman–Crippen MR) is 126 cm³/mol. The molecule has 2 amide bonds. The van der Waals surface area contributed by atoms with E-state index in [0.29, 0.717) is 35.1 Å². The van der Waals surface area contributed by atoms with Crippen molar-refractivity contribution in [3.05, 3.63) is 35.5 Å². The summed E-state index contributed by atoms with van der Waals surface area (Å²) in [7, 11) is 1.58. The van der Waals surface area contributed by atoms with Gasteiger partial charge < -0.3 is 15.4 Å². The lowest BCUT2D eigenvalue weighted by Gasteiger charge is -2.25. The first-order valence-electron chi connectivity index (χ1n) is 11.2. The minimum atomic E-state index is -2.92. The highest BCUT2D eigenvalue weighted by Crippen LogP contribution is 2.36. The number of benzene rings is 1. The fourth-order valence-electron chi connectivity index (χ4n) is 3.90. The van der Waals surface area contributed by atoms with Crippen LogP contribution in [0, 0.1) is 5.92 Å². The number of nitrogens with one attached hydrogen (secondary N) is 2. The molecule has 2 bridgehead atoms. The molecule has 184 valence electrons. The van der Waals surface area contributed by atoms with Crippen LogP contribution >= 0.6 is 0 Å². The number of aromatic nitrogens is 2. The maximum atomic E-state index is 13.9. The van der Waals surface area contributed by atoms with Gasteiger partial charge in [0.1, 0.15) is 5.60 Å². The number of fused-ring (bicyclic) bond motifs is 4. The molecule has 0 aliphatic carbocycles. The summed E-state index contributed by atoms with van der Waals surface area (Å²) in [6.07, 6.45) is 3.97. The van der Waals surface area contributed by atoms with Crippen LogP contribution in [0.3, 0.4) is 0 Å². The van der Waals surface area contributed by atoms with Crippen molar-refractivity contribution in [2.24, 2.45) is 10.9 Å². The second-order valence-electron chi connectivity index (χ2n) is 9.38. The molecule has 0 radical (unpaired) electrons. The van der Waals surface area contributed by atoms with Crippen LogP contribution in [0.2, 0.25) is 0 Å². The molecule has 1 aliphatic rings. The fourth-order valence-corrected chi connectivity index (χ4v) is 3.90. The Bertz CT molecular complexity index is 1080. The molecule has 2 aromatic rings. The van der Waals surface area contributed by atoms with E-state index in [1.165, 1.54) is 6.20 Å². The van der Waals surface area contributed by atoms with E-state index in [9.17, 15) is 18.4 Å². The van der Waals surface area contributed by atoms with Gasteiger partial charge in [0.2, 0.25) is 5.91 Å². The average molecular weight is 476 g/mol. The van der Waals surface area contributed by atoms with Crippen LogP contribution in [0.15, 0.2) is 29.4 Å². The third-order valence-electron chi connectivity index (χ3n) is 5.51. The summed E-state index contributed by atoms with van der Waals surface area (Å²) in [6, 6.07) is 4.88. The number of halogens is 2. The monoisotopic (exact) mass is 475 g/mol. The third-order valence-corrected chi connectivity index (χ3v) is 5.51. The van der Waals surface area contributed by atoms with Gasteiger partial charge in [0, 0.05) is 30.3 Å². The fraction of sp³-hybridized carbons (Fsp3) is 0.500. The number of rotatable bonds is 3. The molecule has 34 heavy (non-hydrogen) atoms. The summed E-state index contributed by atoms with van der Waals surface area (Å²) in [6.45, 7) is 4.19. The number of anilines is 1. The van der Waals surface area contributed by atoms with Gasteiger partial charge in [-0.15, -0.1) is 0 Å². The van der Waals surface area contributed by atoms with E-state index >= 15 is 0 Å². The number of amides is 2. The molecule has 2 N–H and O–H groups in total. The lowest BCUT2D eigenvalue weighted by atomic mass is 9.92. The second kappa shape index (κ2) is 10.3. The number of nitrogens with zero attached hydrogens (tertiary/aromatic N) is 3. The average Bonchev–Trinajstić information content (AvgIpc) is 3.15. The molecular formula is C24H31F2N5O3. The summed E-state index contributed by atoms with van der Waals surface area (Å²) in [5.74, 6) is -0.645. The highest BCUT2D eigenvalue weighted by molar-refractivity contribution is 5.99. The molecule has 0 saturated carbocycles. The molecule has 2 atom stereocenters. The number of carbonyl (C=O) groups is 2. The minimum absolute atomic E-state index is 0.0730. The molecule has 3 rings (SSSR count). The van der Waals surface area contributed by atoms with Gasteiger partial charge in [-0.3, -0.25) is 9.79 Å². The lowest BCUT2D eigenvalue weighted by molar-refractivity contribution is -0.119. The number of ether oxygens (including phenoxy) is 1. The summed E-state index contributed by atoms with van der Waals surface area (Å²) >= 11 is 0. The van der Waals surface area contributed by atoms with Crippen LogP contribution in [0.5, 0.6) is 0 Å². The van der Waals surface area contributed by atoms with Gasteiger partial charge in [0.15, 0.2) is 0 Å². The predicted octanol–water partition coefficient (Wildman–Crippen LogP) is 5.32. The zero-order chi connectivity index (χ0) is 25.0. The van der Waals surface area contributed by atoms with Crippen molar-refractivity contribution in [1.29, 1.82) is 0 Å². The Balaban J connectivity index is 2.17. The molecule has 2 heterocycles. The first-order chi connectivity index (χ1) is 16.0. The summed E-state index contributed by atoms with van der Waals surface area (Å²) in [5, 5.41) is 9.49. The smallest absolute Gasteiger partial charge is 0.408 e. The van der Waals surface area contributed by atoms with Crippen molar-refractivity contribution in [2.45, 2.75) is 65.1 Å². The van der Waals surface area contributed by atoms with Gasteiger partial charge in [0.05, 0.1) is 23.6 Å². The van der Waals surface area contributed by atoms with E-state index in [-0.39, 0.29) is 23.2 Å². The van der Waals surface area contributed by atoms with Crippen LogP contribution < -0.4 is 10.6 Å². The van der Waals surface area contributed by atoms with Gasteiger partial charge in [0.25, 0.3) is 0 Å². The SMILES string of the molecule is C/N=C/c1ccc2cc1-c1c(cnn1C(F)F)NC(=O)[C@H](C)CCC[C@@H]2NC(=O)OC(C)(C)C. The zero-order valence-corrected chi connectivity index (χ0v) is 20.1. The van der Waals surface area contributed by atoms with Gasteiger partial charge in [-0.05, 0) is 45.2 Å². The second-order valence-corrected chi connectivity index (χ2v) is 9.38. The van der Waals surface area contributed by atoms with Crippen LogP contribution in [0.4, 0.5) is 19.3 Å². The molecule has 0 spiro atoms. The number of alkyl carbamates (subject to hydrolysis) is 1. The Morgan fingerprint density at radius 3 is 2.74 bits per heavy atom. The van der Waals surface area contributed by atoms with Crippen molar-refractivity contribution in [3.63, 3.8) is 0 Å². The van der Waals surface area contributed by atoms with E-state index in [0.717, 1.165) is 5.56 Å². The van der Waals surface area contributed by atoms with Gasteiger partial charge >= 0.3 is 12.6 Å². The van der Waals surface area contributed by atoms with Crippen molar-refractivity contribution in [3.8, 4) is 11.3 Å². The van der Waals surface area contributed by atoms with Crippen molar-refractivity contribution in [1.82, 2.24) is 15.1 Å². The van der Waals surface area contributed by atoms with E-state index < -0.39 is 24.3 Å². The van der Waals surface area contributed by atoms with E-state index in [1.807, 2.05) is 6.07 Å². The van der Waals surface area contributed by atoms with Gasteiger partial charge in [-0.25, -0.2) is 9.48 Å². The molecule has 0 unspecified atom stereocenters. The van der Waals surface area contributed by atoms with Crippen molar-refractivity contribution >= 4 is 23.9 Å². The maximum Gasteiger partial charge on any atom is 0.408 e. The Morgan fingerprint density at radius 2 is 2.09 bits per heavy atom. The van der Waals surface area contributed by atoms with Gasteiger partial charge in [-0.1, -0.05) is 25.5 Å². The van der Waals surface area contributed by atoms with E-state index in [4.69, 9.17) is 4.74 Å². The summed E-state index contributed by atoms with van der Waals surface area (Å²) in [5.41, 5.74) is 1.31. The lowest BCUT2D eigenvalue weighted by Crippen LogP contribution is -2.35. The molecule has 1 aromatic heterocycles. The first kappa shape index (κ1) is 25.3. The Morgan fingerprint density at radius 1 is 1.35 bits per heavy atom. The van der Waals surface area contributed by atoms with Crippen LogP contribution in [0.1, 0.15) is 70.7 Å². The summed E-state index contributed by atoms with van der Waals surface area (Å²) in [4.78, 5) is 29.4. The van der Waals surface area contributed by atoms with Crippen molar-refractivity contribution in [2.75, 3.05) is 12.4 Å². The highest BCUT2D eigenvalue weighted by Gasteiger charge is 2.27. The molecule has 1 aromatic carbocycles. The Hall–Kier alpha value is -3.30. The standard InChI is InChI=1S/C24H31F2N5O3/c1-14-7-6-8-18(30-23(33)34-24(2,3)4)15-9-10-16(12-27-5)17(11-15)20-19(29-21(14)32)13-28-31(20)22(25)26/h9-14,18,22H,6-8H2,1-5H3,(H,29,32)(H,30,33)/b27-12+/t14-,18+/m1/s1. The van der Waals surface area contributed by atoms with E-state index in [2.05, 4.69) is 20.7 Å². The zero-order valence-electron chi connectivity index (χ0n) is 20.1. The summed E-state index contributed by atoms with van der Waals surface area (Å²) < 4.78 is 33.8. The van der Waals surface area contributed by atoms with Gasteiger partial charge in [-0.2, -0.15) is 13.9 Å². The van der Waals surface area contributed by atoms with E-state index in [1.54, 1.807) is 53.1 Å². The maximum absolute atomic E-state index is 13.9. The number of hydrogen-bond donors (Lipinski definition) is 2. The number of carbonyl (C=O) groups excluding carboxylic acids is 2. The number of alkyl halides is 2. The molecule has 10 heteroatoms. The van der Waals surface area contributed by atoms with Crippen LogP contribution in [0.25, 0.3) is 11.3 Å². The third kappa shape index (κ3) is 5.98. The molecule has 0 saturated heterocycles. The van der Waals surface area contributed by atoms with Crippen LogP contribution in [-0.2, 0) is 9.53 Å². The van der Waals surface area contributed by atoms with Crippen LogP contribution in [-0.4, -0.2) is 40.6 Å². The number of aliphatic imine (C=N–C) groups is 1. The topological polar surface area (TPSA) is 97.6 Å². The van der Waals surface area contributed by atoms with Crippen molar-refractivity contribution < 1.29 is 23.1 Å². The molecular weight excluding hydrogens is 444 g/mol.